The summed E-state index contributed by atoms with van der Waals surface area (Å²) in [7, 11) is 0. The van der Waals surface area contributed by atoms with Crippen molar-refractivity contribution in [3.63, 3.8) is 0 Å². The lowest BCUT2D eigenvalue weighted by molar-refractivity contribution is -0.146. The van der Waals surface area contributed by atoms with Crippen LogP contribution < -0.4 is 0 Å². The molecule has 1 aliphatic heterocycles. The SMILES string of the molecule is CCCOC1CCCN(C(=O)CCC(=O)OCC)C1. The summed E-state index contributed by atoms with van der Waals surface area (Å²) in [5.41, 5.74) is 0. The molecule has 1 saturated heterocycles. The number of likely N-dealkylation sites (tertiary alicyclic amines) is 1. The molecule has 0 aromatic rings. The number of nitrogens with zero attached hydrogens (tertiary/aromatic N) is 1. The lowest BCUT2D eigenvalue weighted by Crippen LogP contribution is -2.43. The largest absolute Gasteiger partial charge is 0.466 e. The monoisotopic (exact) mass is 271 g/mol. The number of hydrogen-bond acceptors (Lipinski definition) is 4. The van der Waals surface area contributed by atoms with Crippen LogP contribution in [0.1, 0.15) is 46.0 Å². The molecule has 1 fully saturated rings. The second-order valence-corrected chi connectivity index (χ2v) is 4.78. The third-order valence-corrected chi connectivity index (χ3v) is 3.14. The molecule has 5 heteroatoms. The molecule has 1 aliphatic rings. The molecule has 1 rings (SSSR count). The fourth-order valence-electron chi connectivity index (χ4n) is 2.19. The first-order chi connectivity index (χ1) is 9.17. The molecule has 1 heterocycles. The highest BCUT2D eigenvalue weighted by molar-refractivity contribution is 5.81. The molecule has 0 N–H and O–H groups in total. The number of piperidine rings is 1. The lowest BCUT2D eigenvalue weighted by atomic mass is 10.1. The summed E-state index contributed by atoms with van der Waals surface area (Å²) in [5.74, 6) is -0.274. The Balaban J connectivity index is 2.29. The van der Waals surface area contributed by atoms with E-state index in [0.29, 0.717) is 13.2 Å². The Morgan fingerprint density at radius 2 is 2.05 bits per heavy atom. The van der Waals surface area contributed by atoms with Crippen LogP contribution in [0.2, 0.25) is 0 Å². The number of carbonyl (C=O) groups is 2. The van der Waals surface area contributed by atoms with Crippen LogP contribution in [-0.2, 0) is 19.1 Å². The van der Waals surface area contributed by atoms with Crippen molar-refractivity contribution in [1.82, 2.24) is 4.90 Å². The Morgan fingerprint density at radius 3 is 2.74 bits per heavy atom. The first-order valence-corrected chi connectivity index (χ1v) is 7.22. The van der Waals surface area contributed by atoms with Crippen molar-refractivity contribution in [3.05, 3.63) is 0 Å². The van der Waals surface area contributed by atoms with Crippen LogP contribution in [0.25, 0.3) is 0 Å². The van der Waals surface area contributed by atoms with E-state index in [9.17, 15) is 9.59 Å². The van der Waals surface area contributed by atoms with Crippen LogP contribution in [-0.4, -0.2) is 49.2 Å². The molecular formula is C14H25NO4. The summed E-state index contributed by atoms with van der Waals surface area (Å²) in [6.07, 6.45) is 3.54. The average molecular weight is 271 g/mol. The van der Waals surface area contributed by atoms with Gasteiger partial charge >= 0.3 is 5.97 Å². The fraction of sp³-hybridized carbons (Fsp3) is 0.857. The summed E-state index contributed by atoms with van der Waals surface area (Å²) in [4.78, 5) is 25.0. The molecule has 1 atom stereocenters. The topological polar surface area (TPSA) is 55.8 Å². The maximum atomic E-state index is 12.0. The maximum Gasteiger partial charge on any atom is 0.306 e. The van der Waals surface area contributed by atoms with Crippen molar-refractivity contribution in [2.24, 2.45) is 0 Å². The van der Waals surface area contributed by atoms with Gasteiger partial charge in [-0.2, -0.15) is 0 Å². The molecule has 110 valence electrons. The van der Waals surface area contributed by atoms with Gasteiger partial charge in [-0.15, -0.1) is 0 Å². The number of amides is 1. The van der Waals surface area contributed by atoms with Crippen molar-refractivity contribution >= 4 is 11.9 Å². The quantitative estimate of drug-likeness (QED) is 0.662. The van der Waals surface area contributed by atoms with Crippen LogP contribution in [0.15, 0.2) is 0 Å². The van der Waals surface area contributed by atoms with Gasteiger partial charge in [0.1, 0.15) is 0 Å². The average Bonchev–Trinajstić information content (AvgIpc) is 2.43. The van der Waals surface area contributed by atoms with Crippen molar-refractivity contribution in [2.75, 3.05) is 26.3 Å². The van der Waals surface area contributed by atoms with Crippen molar-refractivity contribution in [2.45, 2.75) is 52.1 Å². The number of carbonyl (C=O) groups excluding carboxylic acids is 2. The van der Waals surface area contributed by atoms with Crippen LogP contribution in [0.3, 0.4) is 0 Å². The second kappa shape index (κ2) is 8.91. The van der Waals surface area contributed by atoms with Gasteiger partial charge in [0.15, 0.2) is 0 Å². The zero-order chi connectivity index (χ0) is 14.1. The molecule has 0 bridgehead atoms. The third-order valence-electron chi connectivity index (χ3n) is 3.14. The standard InChI is InChI=1S/C14H25NO4/c1-3-10-19-12-6-5-9-15(11-12)13(16)7-8-14(17)18-4-2/h12H,3-11H2,1-2H3. The minimum Gasteiger partial charge on any atom is -0.466 e. The van der Waals surface area contributed by atoms with E-state index in [4.69, 9.17) is 9.47 Å². The van der Waals surface area contributed by atoms with Gasteiger partial charge in [0.05, 0.1) is 19.1 Å². The summed E-state index contributed by atoms with van der Waals surface area (Å²) in [6.45, 7) is 6.37. The van der Waals surface area contributed by atoms with Crippen LogP contribution >= 0.6 is 0 Å². The molecule has 0 radical (unpaired) electrons. The normalized spacial score (nSPS) is 19.3. The lowest BCUT2D eigenvalue weighted by Gasteiger charge is -2.32. The van der Waals surface area contributed by atoms with Crippen molar-refractivity contribution < 1.29 is 19.1 Å². The van der Waals surface area contributed by atoms with E-state index in [1.807, 2.05) is 4.90 Å². The Bertz CT molecular complexity index is 293. The van der Waals surface area contributed by atoms with E-state index in [0.717, 1.165) is 32.4 Å². The Kier molecular flexibility index (Phi) is 7.48. The number of rotatable bonds is 7. The third kappa shape index (κ3) is 6.05. The highest BCUT2D eigenvalue weighted by Crippen LogP contribution is 2.15. The minimum atomic E-state index is -0.299. The van der Waals surface area contributed by atoms with Gasteiger partial charge in [0, 0.05) is 26.1 Å². The summed E-state index contributed by atoms with van der Waals surface area (Å²) >= 11 is 0. The number of esters is 1. The summed E-state index contributed by atoms with van der Waals surface area (Å²) < 4.78 is 10.5. The molecule has 5 nitrogen and oxygen atoms in total. The molecule has 0 spiro atoms. The number of hydrogen-bond donors (Lipinski definition) is 0. The van der Waals surface area contributed by atoms with Crippen molar-refractivity contribution in [1.29, 1.82) is 0 Å². The first-order valence-electron chi connectivity index (χ1n) is 7.22. The van der Waals surface area contributed by atoms with Gasteiger partial charge in [-0.05, 0) is 26.2 Å². The fourth-order valence-corrected chi connectivity index (χ4v) is 2.19. The molecule has 1 amide bonds. The summed E-state index contributed by atoms with van der Waals surface area (Å²) in [5, 5.41) is 0. The Morgan fingerprint density at radius 1 is 1.26 bits per heavy atom. The van der Waals surface area contributed by atoms with Gasteiger partial charge in [0.25, 0.3) is 0 Å². The molecular weight excluding hydrogens is 246 g/mol. The smallest absolute Gasteiger partial charge is 0.306 e. The first kappa shape index (κ1) is 16.0. The van der Waals surface area contributed by atoms with Gasteiger partial charge in [-0.25, -0.2) is 0 Å². The maximum absolute atomic E-state index is 12.0. The van der Waals surface area contributed by atoms with E-state index >= 15 is 0 Å². The van der Waals surface area contributed by atoms with E-state index in [1.165, 1.54) is 0 Å². The second-order valence-electron chi connectivity index (χ2n) is 4.78. The van der Waals surface area contributed by atoms with E-state index in [2.05, 4.69) is 6.92 Å². The molecule has 0 aromatic carbocycles. The minimum absolute atomic E-state index is 0.0258. The van der Waals surface area contributed by atoms with Gasteiger partial charge in [-0.3, -0.25) is 9.59 Å². The van der Waals surface area contributed by atoms with Gasteiger partial charge in [-0.1, -0.05) is 6.92 Å². The van der Waals surface area contributed by atoms with Crippen LogP contribution in [0.4, 0.5) is 0 Å². The summed E-state index contributed by atoms with van der Waals surface area (Å²) in [6, 6.07) is 0. The molecule has 0 aliphatic carbocycles. The predicted molar refractivity (Wildman–Crippen MR) is 71.7 cm³/mol. The highest BCUT2D eigenvalue weighted by Gasteiger charge is 2.24. The Hall–Kier alpha value is -1.10. The van der Waals surface area contributed by atoms with Gasteiger partial charge < -0.3 is 14.4 Å². The van der Waals surface area contributed by atoms with E-state index < -0.39 is 0 Å². The van der Waals surface area contributed by atoms with Crippen LogP contribution in [0, 0.1) is 0 Å². The number of ether oxygens (including phenoxy) is 2. The van der Waals surface area contributed by atoms with E-state index in [-0.39, 0.29) is 30.8 Å². The molecule has 19 heavy (non-hydrogen) atoms. The highest BCUT2D eigenvalue weighted by atomic mass is 16.5. The Labute approximate surface area is 115 Å². The van der Waals surface area contributed by atoms with Gasteiger partial charge in [0.2, 0.25) is 5.91 Å². The predicted octanol–water partition coefficient (Wildman–Crippen LogP) is 1.75. The van der Waals surface area contributed by atoms with Crippen LogP contribution in [0.5, 0.6) is 0 Å². The zero-order valence-electron chi connectivity index (χ0n) is 12.0. The van der Waals surface area contributed by atoms with Crippen molar-refractivity contribution in [3.8, 4) is 0 Å². The molecule has 0 aromatic heterocycles. The molecule has 1 unspecified atom stereocenters. The molecule has 0 saturated carbocycles. The van der Waals surface area contributed by atoms with E-state index in [1.54, 1.807) is 6.92 Å². The zero-order valence-corrected chi connectivity index (χ0v) is 12.0.